The first kappa shape index (κ1) is 35.6. The number of aromatic amines is 1. The number of nitrogens with zero attached hydrogens (tertiary/aromatic N) is 5. The van der Waals surface area contributed by atoms with E-state index in [0.717, 1.165) is 29.4 Å². The van der Waals surface area contributed by atoms with Gasteiger partial charge < -0.3 is 19.3 Å². The van der Waals surface area contributed by atoms with E-state index >= 15 is 4.39 Å². The van der Waals surface area contributed by atoms with Crippen LogP contribution in [0.1, 0.15) is 82.6 Å². The van der Waals surface area contributed by atoms with Crippen molar-refractivity contribution in [2.24, 2.45) is 0 Å². The van der Waals surface area contributed by atoms with Crippen molar-refractivity contribution in [1.29, 1.82) is 0 Å². The summed E-state index contributed by atoms with van der Waals surface area (Å²) in [5, 5.41) is 8.19. The van der Waals surface area contributed by atoms with E-state index < -0.39 is 33.5 Å². The van der Waals surface area contributed by atoms with E-state index in [1.165, 1.54) is 6.07 Å². The molecule has 7 rings (SSSR count). The van der Waals surface area contributed by atoms with Crippen molar-refractivity contribution >= 4 is 43.6 Å². The average Bonchev–Trinajstić information content (AvgIpc) is 3.64. The Hall–Kier alpha value is -4.78. The number of rotatable bonds is 9. The second kappa shape index (κ2) is 13.3. The van der Waals surface area contributed by atoms with E-state index in [0.29, 0.717) is 64.2 Å². The molecule has 3 aromatic carbocycles. The highest BCUT2D eigenvalue weighted by Gasteiger charge is 2.37. The Bertz CT molecular complexity index is 2280. The van der Waals surface area contributed by atoms with Gasteiger partial charge in [0.1, 0.15) is 28.9 Å². The van der Waals surface area contributed by atoms with Gasteiger partial charge in [-0.05, 0) is 88.6 Å². The number of carbonyl (C=O) groups is 1. The number of fused-ring (bicyclic) bond motifs is 2. The molecule has 3 heterocycles. The van der Waals surface area contributed by atoms with E-state index in [2.05, 4.69) is 10.2 Å². The Morgan fingerprint density at radius 3 is 2.50 bits per heavy atom. The summed E-state index contributed by atoms with van der Waals surface area (Å²) >= 11 is 0. The number of hydrogen-bond donors (Lipinski definition) is 1. The number of nitrogens with one attached hydrogen (secondary N) is 1. The fourth-order valence-corrected chi connectivity index (χ4v) is 7.74. The zero-order valence-corrected chi connectivity index (χ0v) is 31.5. The number of ether oxygens (including phenoxy) is 2. The van der Waals surface area contributed by atoms with Crippen molar-refractivity contribution in [3.05, 3.63) is 71.2 Å². The number of likely N-dealkylation sites (tertiary alicyclic amines) is 1. The minimum Gasteiger partial charge on any atom is -0.483 e. The molecule has 2 fully saturated rings. The maximum Gasteiger partial charge on any atom is 0.410 e. The zero-order valence-electron chi connectivity index (χ0n) is 30.7. The SMILES string of the molecule is CCS(=O)(=O)c1nc(N(C)[C@H]2CCN(C(=O)OC(C)(C)C)C2)c2cc(C3CC3)c(-c3c(C)c(F)cc4[nH]ncc34)c(O[C@@H](C)c3ccccc3)c2n1. The lowest BCUT2D eigenvalue weighted by Gasteiger charge is -2.29. The molecule has 274 valence electrons. The van der Waals surface area contributed by atoms with Crippen LogP contribution in [0.2, 0.25) is 0 Å². The van der Waals surface area contributed by atoms with Gasteiger partial charge in [-0.1, -0.05) is 37.3 Å². The Balaban J connectivity index is 1.50. The van der Waals surface area contributed by atoms with Crippen LogP contribution >= 0.6 is 0 Å². The van der Waals surface area contributed by atoms with Gasteiger partial charge >= 0.3 is 6.09 Å². The van der Waals surface area contributed by atoms with E-state index in [1.54, 1.807) is 24.9 Å². The highest BCUT2D eigenvalue weighted by Crippen LogP contribution is 2.53. The van der Waals surface area contributed by atoms with E-state index in [-0.39, 0.29) is 22.9 Å². The molecule has 0 unspecified atom stereocenters. The summed E-state index contributed by atoms with van der Waals surface area (Å²) in [5.74, 6) is 0.329. The highest BCUT2D eigenvalue weighted by atomic mass is 32.2. The molecular weight excluding hydrogens is 684 g/mol. The summed E-state index contributed by atoms with van der Waals surface area (Å²) in [7, 11) is -2.04. The molecule has 2 aliphatic rings. The molecule has 1 amide bonds. The lowest BCUT2D eigenvalue weighted by molar-refractivity contribution is 0.0292. The molecule has 0 bridgehead atoms. The predicted octanol–water partition coefficient (Wildman–Crippen LogP) is 7.88. The van der Waals surface area contributed by atoms with Crippen molar-refractivity contribution in [2.75, 3.05) is 30.8 Å². The van der Waals surface area contributed by atoms with Crippen molar-refractivity contribution in [1.82, 2.24) is 25.1 Å². The largest absolute Gasteiger partial charge is 0.483 e. The molecule has 1 aliphatic carbocycles. The summed E-state index contributed by atoms with van der Waals surface area (Å²) < 4.78 is 55.6. The number of benzene rings is 3. The van der Waals surface area contributed by atoms with Crippen LogP contribution in [0, 0.1) is 12.7 Å². The Morgan fingerprint density at radius 1 is 1.10 bits per heavy atom. The normalized spacial score (nSPS) is 17.2. The van der Waals surface area contributed by atoms with Crippen LogP contribution in [-0.2, 0) is 14.6 Å². The molecule has 1 aliphatic heterocycles. The molecule has 1 saturated carbocycles. The Morgan fingerprint density at radius 2 is 1.83 bits per heavy atom. The molecule has 5 aromatic rings. The van der Waals surface area contributed by atoms with Crippen LogP contribution in [0.4, 0.5) is 15.0 Å². The van der Waals surface area contributed by atoms with E-state index in [9.17, 15) is 13.2 Å². The molecule has 0 spiro atoms. The van der Waals surface area contributed by atoms with Crippen molar-refractivity contribution in [3.63, 3.8) is 0 Å². The lowest BCUT2D eigenvalue weighted by Crippen LogP contribution is -2.39. The summed E-state index contributed by atoms with van der Waals surface area (Å²) in [5.41, 5.74) is 3.79. The number of carbonyl (C=O) groups excluding carboxylic acids is 1. The minimum atomic E-state index is -3.91. The summed E-state index contributed by atoms with van der Waals surface area (Å²) in [6.07, 6.45) is 3.29. The molecule has 2 aromatic heterocycles. The number of amides is 1. The van der Waals surface area contributed by atoms with Crippen molar-refractivity contribution in [3.8, 4) is 16.9 Å². The van der Waals surface area contributed by atoms with Crippen LogP contribution in [0.3, 0.4) is 0 Å². The first-order chi connectivity index (χ1) is 24.7. The maximum atomic E-state index is 15.7. The fraction of sp³-hybridized carbons (Fsp3) is 0.436. The monoisotopic (exact) mass is 728 g/mol. The van der Waals surface area contributed by atoms with Crippen LogP contribution < -0.4 is 9.64 Å². The van der Waals surface area contributed by atoms with Gasteiger partial charge in [0.05, 0.1) is 17.5 Å². The van der Waals surface area contributed by atoms with Gasteiger partial charge in [0, 0.05) is 48.1 Å². The number of sulfone groups is 1. The quantitative estimate of drug-likeness (QED) is 0.151. The molecule has 2 atom stereocenters. The van der Waals surface area contributed by atoms with Gasteiger partial charge in [-0.15, -0.1) is 0 Å². The summed E-state index contributed by atoms with van der Waals surface area (Å²) in [6, 6.07) is 13.0. The highest BCUT2D eigenvalue weighted by molar-refractivity contribution is 7.91. The third-order valence-corrected chi connectivity index (χ3v) is 11.6. The average molecular weight is 729 g/mol. The van der Waals surface area contributed by atoms with E-state index in [4.69, 9.17) is 19.4 Å². The number of aromatic nitrogens is 4. The predicted molar refractivity (Wildman–Crippen MR) is 199 cm³/mol. The second-order valence-electron chi connectivity index (χ2n) is 14.9. The van der Waals surface area contributed by atoms with E-state index in [1.807, 2.05) is 76.0 Å². The molecule has 52 heavy (non-hydrogen) atoms. The van der Waals surface area contributed by atoms with Crippen LogP contribution in [0.5, 0.6) is 5.75 Å². The number of likely N-dealkylation sites (N-methyl/N-ethyl adjacent to an activating group) is 1. The fourth-order valence-electron chi connectivity index (χ4n) is 7.02. The van der Waals surface area contributed by atoms with Gasteiger partial charge in [0.15, 0.2) is 5.75 Å². The standard InChI is InChI=1S/C39H45FN6O5S/c1-8-52(48,49)37-42-34-28(36(43-37)45(7)26-16-17-46(21-26)38(47)51-39(4,5)6)18-27(25-14-15-25)33(35(34)50-23(3)24-12-10-9-11-13-24)32-22(2)30(40)19-31-29(32)20-41-44-31/h9-13,18-20,23,25-26H,8,14-17,21H2,1-7H3,(H,41,44)/t23-,26-/m0/s1. The molecule has 1 saturated heterocycles. The van der Waals surface area contributed by atoms with Crippen LogP contribution in [0.15, 0.2) is 53.8 Å². The maximum absolute atomic E-state index is 15.7. The Labute approximate surface area is 303 Å². The number of halogens is 1. The summed E-state index contributed by atoms with van der Waals surface area (Å²) in [6.45, 7) is 11.6. The molecule has 1 N–H and O–H groups in total. The van der Waals surface area contributed by atoms with Gasteiger partial charge in [0.25, 0.3) is 0 Å². The molecule has 13 heteroatoms. The van der Waals surface area contributed by atoms with Crippen LogP contribution in [-0.4, -0.2) is 77.1 Å². The third-order valence-electron chi connectivity index (χ3n) is 10.1. The minimum absolute atomic E-state index is 0.157. The van der Waals surface area contributed by atoms with Gasteiger partial charge in [-0.2, -0.15) is 5.10 Å². The second-order valence-corrected chi connectivity index (χ2v) is 17.1. The topological polar surface area (TPSA) is 131 Å². The third kappa shape index (κ3) is 6.66. The molecular formula is C39H45FN6O5S. The lowest BCUT2D eigenvalue weighted by atomic mass is 9.88. The first-order valence-corrected chi connectivity index (χ1v) is 19.5. The number of anilines is 1. The number of hydrogen-bond acceptors (Lipinski definition) is 9. The van der Waals surface area contributed by atoms with Crippen molar-refractivity contribution in [2.45, 2.75) is 89.6 Å². The van der Waals surface area contributed by atoms with Crippen molar-refractivity contribution < 1.29 is 27.1 Å². The Kier molecular flexibility index (Phi) is 9.13. The smallest absolute Gasteiger partial charge is 0.410 e. The van der Waals surface area contributed by atoms with Crippen LogP contribution in [0.25, 0.3) is 32.9 Å². The van der Waals surface area contributed by atoms with Gasteiger partial charge in [-0.3, -0.25) is 5.10 Å². The summed E-state index contributed by atoms with van der Waals surface area (Å²) in [4.78, 5) is 26.2. The van der Waals surface area contributed by atoms with Gasteiger partial charge in [0.2, 0.25) is 15.0 Å². The zero-order chi connectivity index (χ0) is 37.1. The first-order valence-electron chi connectivity index (χ1n) is 17.8. The molecule has 11 nitrogen and oxygen atoms in total. The molecule has 0 radical (unpaired) electrons. The number of H-pyrrole nitrogens is 1. The van der Waals surface area contributed by atoms with Gasteiger partial charge in [-0.25, -0.2) is 27.6 Å².